The highest BCUT2D eigenvalue weighted by Crippen LogP contribution is 2.45. The average molecular weight is 475 g/mol. The predicted molar refractivity (Wildman–Crippen MR) is 131 cm³/mol. The van der Waals surface area contributed by atoms with Gasteiger partial charge in [-0.05, 0) is 47.9 Å². The number of alkyl carbamates (subject to hydrolysis) is 1. The number of allylic oxidation sites excluding steroid dienone is 1. The molecule has 182 valence electrons. The molecule has 35 heavy (non-hydrogen) atoms. The minimum absolute atomic E-state index is 0.0257. The van der Waals surface area contributed by atoms with Gasteiger partial charge in [-0.25, -0.2) is 4.79 Å². The molecule has 1 aliphatic heterocycles. The third-order valence-electron chi connectivity index (χ3n) is 7.84. The summed E-state index contributed by atoms with van der Waals surface area (Å²) in [5.74, 6) is -1.07. The van der Waals surface area contributed by atoms with Crippen LogP contribution in [0.15, 0.2) is 61.2 Å². The maximum absolute atomic E-state index is 12.9. The Balaban J connectivity index is 1.19. The highest BCUT2D eigenvalue weighted by molar-refractivity contribution is 5.85. The predicted octanol–water partition coefficient (Wildman–Crippen LogP) is 4.33. The number of nitrogens with one attached hydrogen (secondary N) is 1. The van der Waals surface area contributed by atoms with Gasteiger partial charge in [0.15, 0.2) is 0 Å². The van der Waals surface area contributed by atoms with E-state index in [0.717, 1.165) is 17.5 Å². The number of ether oxygens (including phenoxy) is 1. The number of benzene rings is 2. The number of likely N-dealkylation sites (tertiary alicyclic amines) is 1. The molecule has 7 nitrogen and oxygen atoms in total. The van der Waals surface area contributed by atoms with Crippen molar-refractivity contribution in [1.29, 1.82) is 0 Å². The Hall–Kier alpha value is -3.61. The van der Waals surface area contributed by atoms with Crippen molar-refractivity contribution in [1.82, 2.24) is 10.2 Å². The normalized spacial score (nSPS) is 18.9. The van der Waals surface area contributed by atoms with Crippen molar-refractivity contribution >= 4 is 18.0 Å². The summed E-state index contributed by atoms with van der Waals surface area (Å²) in [5, 5.41) is 12.5. The molecule has 0 atom stereocenters. The zero-order chi connectivity index (χ0) is 24.6. The van der Waals surface area contributed by atoms with Gasteiger partial charge in [-0.2, -0.15) is 0 Å². The number of carbonyl (C=O) groups is 3. The molecule has 2 fully saturated rings. The lowest BCUT2D eigenvalue weighted by Gasteiger charge is -2.49. The lowest BCUT2D eigenvalue weighted by molar-refractivity contribution is -0.166. The van der Waals surface area contributed by atoms with E-state index in [-0.39, 0.29) is 37.9 Å². The van der Waals surface area contributed by atoms with Crippen LogP contribution in [-0.2, 0) is 14.3 Å². The maximum Gasteiger partial charge on any atom is 0.407 e. The van der Waals surface area contributed by atoms with Crippen LogP contribution in [0.25, 0.3) is 11.1 Å². The summed E-state index contributed by atoms with van der Waals surface area (Å²) in [6, 6.07) is 16.3. The monoisotopic (exact) mass is 474 g/mol. The quantitative estimate of drug-likeness (QED) is 0.556. The molecule has 2 aromatic rings. The standard InChI is InChI=1S/C28H30N2O5/c1-2-12-27(25(32)33)17-30(18-27)24(31)15-28(13-7-14-28)29-26(34)35-16-23-21-10-5-3-8-19(21)20-9-4-6-11-22(20)23/h2-6,8-11,23H,1,7,12-18H2,(H,29,34)(H,32,33). The van der Waals surface area contributed by atoms with Gasteiger partial charge in [-0.1, -0.05) is 54.6 Å². The zero-order valence-electron chi connectivity index (χ0n) is 19.7. The fraction of sp³-hybridized carbons (Fsp3) is 0.393. The van der Waals surface area contributed by atoms with Gasteiger partial charge < -0.3 is 20.1 Å². The van der Waals surface area contributed by atoms with Crippen molar-refractivity contribution in [3.8, 4) is 11.1 Å². The molecule has 2 aliphatic carbocycles. The Morgan fingerprint density at radius 3 is 2.17 bits per heavy atom. The lowest BCUT2D eigenvalue weighted by Crippen LogP contribution is -2.64. The van der Waals surface area contributed by atoms with Crippen molar-refractivity contribution in [2.75, 3.05) is 19.7 Å². The van der Waals surface area contributed by atoms with Crippen LogP contribution >= 0.6 is 0 Å². The minimum atomic E-state index is -0.940. The summed E-state index contributed by atoms with van der Waals surface area (Å²) >= 11 is 0. The molecule has 2 aromatic carbocycles. The minimum Gasteiger partial charge on any atom is -0.481 e. The number of nitrogens with zero attached hydrogens (tertiary/aromatic N) is 1. The molecule has 0 radical (unpaired) electrons. The molecule has 0 bridgehead atoms. The fourth-order valence-corrected chi connectivity index (χ4v) is 5.69. The molecule has 5 rings (SSSR count). The van der Waals surface area contributed by atoms with Gasteiger partial charge in [0, 0.05) is 19.0 Å². The first-order chi connectivity index (χ1) is 16.9. The molecule has 7 heteroatoms. The molecule has 3 aliphatic rings. The van der Waals surface area contributed by atoms with E-state index in [1.54, 1.807) is 11.0 Å². The maximum atomic E-state index is 12.9. The molecule has 1 saturated carbocycles. The number of amides is 2. The number of fused-ring (bicyclic) bond motifs is 3. The largest absolute Gasteiger partial charge is 0.481 e. The topological polar surface area (TPSA) is 95.9 Å². The Kier molecular flexibility index (Phi) is 5.87. The third kappa shape index (κ3) is 4.09. The highest BCUT2D eigenvalue weighted by atomic mass is 16.5. The molecule has 2 amide bonds. The second kappa shape index (κ2) is 8.87. The number of hydrogen-bond acceptors (Lipinski definition) is 4. The van der Waals surface area contributed by atoms with Crippen molar-refractivity contribution in [3.63, 3.8) is 0 Å². The molecule has 0 spiro atoms. The molecule has 0 unspecified atom stereocenters. The zero-order valence-corrected chi connectivity index (χ0v) is 19.7. The number of hydrogen-bond donors (Lipinski definition) is 2. The van der Waals surface area contributed by atoms with Gasteiger partial charge in [0.05, 0.1) is 12.0 Å². The number of carbonyl (C=O) groups excluding carboxylic acids is 2. The van der Waals surface area contributed by atoms with Crippen LogP contribution in [-0.4, -0.2) is 53.2 Å². The first-order valence-electron chi connectivity index (χ1n) is 12.1. The molecule has 1 heterocycles. The van der Waals surface area contributed by atoms with Crippen LogP contribution in [0, 0.1) is 5.41 Å². The number of carboxylic acids is 1. The van der Waals surface area contributed by atoms with Gasteiger partial charge in [-0.3, -0.25) is 9.59 Å². The van der Waals surface area contributed by atoms with E-state index in [1.165, 1.54) is 11.1 Å². The van der Waals surface area contributed by atoms with Crippen LogP contribution in [0.2, 0.25) is 0 Å². The Bertz CT molecular complexity index is 1130. The molecular formula is C28H30N2O5. The summed E-state index contributed by atoms with van der Waals surface area (Å²) in [4.78, 5) is 38.9. The molecule has 2 N–H and O–H groups in total. The van der Waals surface area contributed by atoms with E-state index in [0.29, 0.717) is 19.3 Å². The first kappa shape index (κ1) is 23.1. The number of carboxylic acid groups (broad SMARTS) is 1. The smallest absolute Gasteiger partial charge is 0.407 e. The van der Waals surface area contributed by atoms with E-state index in [9.17, 15) is 19.5 Å². The van der Waals surface area contributed by atoms with Gasteiger partial charge in [-0.15, -0.1) is 6.58 Å². The second-order valence-electron chi connectivity index (χ2n) is 10.1. The summed E-state index contributed by atoms with van der Waals surface area (Å²) < 4.78 is 5.69. The van der Waals surface area contributed by atoms with Gasteiger partial charge in [0.2, 0.25) is 5.91 Å². The fourth-order valence-electron chi connectivity index (χ4n) is 5.69. The summed E-state index contributed by atoms with van der Waals surface area (Å²) in [6.07, 6.45) is 3.88. The van der Waals surface area contributed by atoms with E-state index < -0.39 is 23.0 Å². The molecule has 1 saturated heterocycles. The second-order valence-corrected chi connectivity index (χ2v) is 10.1. The van der Waals surface area contributed by atoms with Crippen LogP contribution in [0.5, 0.6) is 0 Å². The van der Waals surface area contributed by atoms with E-state index in [4.69, 9.17) is 4.74 Å². The average Bonchev–Trinajstić information content (AvgIpc) is 3.11. The van der Waals surface area contributed by atoms with Gasteiger partial charge in [0.1, 0.15) is 12.0 Å². The molecular weight excluding hydrogens is 444 g/mol. The SMILES string of the molecule is C=CCC1(C(=O)O)CN(C(=O)CC2(NC(=O)OCC3c4ccccc4-c4ccccc43)CCC2)C1. The van der Waals surface area contributed by atoms with Crippen LogP contribution in [0.1, 0.15) is 49.1 Å². The van der Waals surface area contributed by atoms with Crippen molar-refractivity contribution in [3.05, 3.63) is 72.3 Å². The summed E-state index contributed by atoms with van der Waals surface area (Å²) in [5.41, 5.74) is 3.07. The Morgan fingerprint density at radius 2 is 1.66 bits per heavy atom. The van der Waals surface area contributed by atoms with Crippen LogP contribution in [0.4, 0.5) is 4.79 Å². The number of rotatable bonds is 8. The summed E-state index contributed by atoms with van der Waals surface area (Å²) in [7, 11) is 0. The van der Waals surface area contributed by atoms with Gasteiger partial charge in [0.25, 0.3) is 0 Å². The Labute approximate surface area is 204 Å². The number of aliphatic carboxylic acids is 1. The van der Waals surface area contributed by atoms with Gasteiger partial charge >= 0.3 is 12.1 Å². The molecule has 0 aromatic heterocycles. The third-order valence-corrected chi connectivity index (χ3v) is 7.84. The van der Waals surface area contributed by atoms with Crippen LogP contribution < -0.4 is 5.32 Å². The van der Waals surface area contributed by atoms with Crippen molar-refractivity contribution in [2.45, 2.75) is 43.6 Å². The van der Waals surface area contributed by atoms with Crippen molar-refractivity contribution < 1.29 is 24.2 Å². The first-order valence-corrected chi connectivity index (χ1v) is 12.1. The van der Waals surface area contributed by atoms with Crippen LogP contribution in [0.3, 0.4) is 0 Å². The van der Waals surface area contributed by atoms with E-state index in [2.05, 4.69) is 36.2 Å². The van der Waals surface area contributed by atoms with Crippen molar-refractivity contribution in [2.24, 2.45) is 5.41 Å². The van der Waals surface area contributed by atoms with E-state index in [1.807, 2.05) is 24.3 Å². The highest BCUT2D eigenvalue weighted by Gasteiger charge is 2.52. The lowest BCUT2D eigenvalue weighted by atomic mass is 9.72. The summed E-state index contributed by atoms with van der Waals surface area (Å²) in [6.45, 7) is 4.21. The Morgan fingerprint density at radius 1 is 1.06 bits per heavy atom. The van der Waals surface area contributed by atoms with E-state index >= 15 is 0 Å².